The van der Waals surface area contributed by atoms with E-state index in [1.165, 1.54) is 0 Å². The molecule has 0 fully saturated rings. The van der Waals surface area contributed by atoms with E-state index in [1.54, 1.807) is 23.4 Å². The number of aryl methyl sites for hydroxylation is 1. The summed E-state index contributed by atoms with van der Waals surface area (Å²) in [4.78, 5) is 12.9. The van der Waals surface area contributed by atoms with Gasteiger partial charge in [-0.25, -0.2) is 15.0 Å². The summed E-state index contributed by atoms with van der Waals surface area (Å²) in [7, 11) is 0. The highest BCUT2D eigenvalue weighted by atomic mass is 15.3. The molecule has 3 heterocycles. The quantitative estimate of drug-likeness (QED) is 0.786. The van der Waals surface area contributed by atoms with Crippen LogP contribution in [0.25, 0.3) is 16.9 Å². The van der Waals surface area contributed by atoms with Crippen LogP contribution in [0.1, 0.15) is 18.9 Å². The first-order valence-corrected chi connectivity index (χ1v) is 6.65. The highest BCUT2D eigenvalue weighted by Gasteiger charge is 2.11. The summed E-state index contributed by atoms with van der Waals surface area (Å²) in [5.41, 5.74) is 1.90. The maximum absolute atomic E-state index is 4.39. The predicted molar refractivity (Wildman–Crippen MR) is 78.0 cm³/mol. The van der Waals surface area contributed by atoms with Crippen molar-refractivity contribution >= 4 is 16.9 Å². The molecule has 0 aliphatic heterocycles. The lowest BCUT2D eigenvalue weighted by atomic mass is 10.3. The molecule has 0 aliphatic carbocycles. The van der Waals surface area contributed by atoms with Crippen molar-refractivity contribution in [2.24, 2.45) is 0 Å². The Morgan fingerprint density at radius 3 is 2.95 bits per heavy atom. The highest BCUT2D eigenvalue weighted by Crippen LogP contribution is 2.20. The Hall–Kier alpha value is -2.50. The van der Waals surface area contributed by atoms with Crippen LogP contribution in [0.2, 0.25) is 0 Å². The monoisotopic (exact) mass is 268 g/mol. The third-order valence-electron chi connectivity index (χ3n) is 3.03. The standard InChI is InChI=1S/C14H16N6/c1-3-5-16-13-11-8-19-20(14(11)18-9-17-13)12-7-10(2)4-6-15-12/h4,6-9H,3,5H2,1-2H3,(H,16,17,18). The van der Waals surface area contributed by atoms with Crippen molar-refractivity contribution in [2.75, 3.05) is 11.9 Å². The molecule has 6 heteroatoms. The van der Waals surface area contributed by atoms with Crippen LogP contribution in [0, 0.1) is 6.92 Å². The molecule has 0 aromatic carbocycles. The number of hydrogen-bond acceptors (Lipinski definition) is 5. The smallest absolute Gasteiger partial charge is 0.170 e. The van der Waals surface area contributed by atoms with Gasteiger partial charge in [0.1, 0.15) is 12.1 Å². The van der Waals surface area contributed by atoms with Crippen molar-refractivity contribution in [3.8, 4) is 5.82 Å². The molecule has 3 aromatic heterocycles. The lowest BCUT2D eigenvalue weighted by Crippen LogP contribution is -2.04. The highest BCUT2D eigenvalue weighted by molar-refractivity contribution is 5.86. The minimum absolute atomic E-state index is 0.761. The predicted octanol–water partition coefficient (Wildman–Crippen LogP) is 2.34. The zero-order chi connectivity index (χ0) is 13.9. The second kappa shape index (κ2) is 5.24. The summed E-state index contributed by atoms with van der Waals surface area (Å²) in [5.74, 6) is 1.58. The molecule has 0 spiro atoms. The number of nitrogens with one attached hydrogen (secondary N) is 1. The molecule has 0 radical (unpaired) electrons. The van der Waals surface area contributed by atoms with Gasteiger partial charge < -0.3 is 5.32 Å². The summed E-state index contributed by atoms with van der Waals surface area (Å²) in [6.07, 6.45) is 6.14. The molecule has 3 aromatic rings. The van der Waals surface area contributed by atoms with E-state index in [9.17, 15) is 0 Å². The SMILES string of the molecule is CCCNc1ncnc2c1cnn2-c1cc(C)ccn1. The Kier molecular flexibility index (Phi) is 3.28. The Morgan fingerprint density at radius 1 is 1.25 bits per heavy atom. The van der Waals surface area contributed by atoms with Crippen LogP contribution in [0.5, 0.6) is 0 Å². The third-order valence-corrected chi connectivity index (χ3v) is 3.03. The van der Waals surface area contributed by atoms with Gasteiger partial charge in [-0.05, 0) is 31.0 Å². The number of anilines is 1. The fraction of sp³-hybridized carbons (Fsp3) is 0.286. The molecule has 0 saturated carbocycles. The van der Waals surface area contributed by atoms with E-state index >= 15 is 0 Å². The molecule has 0 bridgehead atoms. The van der Waals surface area contributed by atoms with Crippen LogP contribution >= 0.6 is 0 Å². The normalized spacial score (nSPS) is 10.9. The second-order valence-corrected chi connectivity index (χ2v) is 4.63. The Balaban J connectivity index is 2.10. The fourth-order valence-electron chi connectivity index (χ4n) is 2.03. The second-order valence-electron chi connectivity index (χ2n) is 4.63. The summed E-state index contributed by atoms with van der Waals surface area (Å²) in [5, 5.41) is 8.58. The third kappa shape index (κ3) is 2.20. The minimum atomic E-state index is 0.761. The van der Waals surface area contributed by atoms with Crippen molar-refractivity contribution in [3.63, 3.8) is 0 Å². The van der Waals surface area contributed by atoms with E-state index in [0.29, 0.717) is 0 Å². The fourth-order valence-corrected chi connectivity index (χ4v) is 2.03. The van der Waals surface area contributed by atoms with Gasteiger partial charge in [0.05, 0.1) is 11.6 Å². The Morgan fingerprint density at radius 2 is 2.15 bits per heavy atom. The van der Waals surface area contributed by atoms with Crippen molar-refractivity contribution < 1.29 is 0 Å². The van der Waals surface area contributed by atoms with Gasteiger partial charge in [-0.2, -0.15) is 9.78 Å². The molecule has 102 valence electrons. The lowest BCUT2D eigenvalue weighted by molar-refractivity contribution is 0.859. The summed E-state index contributed by atoms with van der Waals surface area (Å²) >= 11 is 0. The molecule has 20 heavy (non-hydrogen) atoms. The molecule has 0 amide bonds. The van der Waals surface area contributed by atoms with Crippen molar-refractivity contribution in [1.29, 1.82) is 0 Å². The molecule has 0 atom stereocenters. The van der Waals surface area contributed by atoms with E-state index in [0.717, 1.165) is 41.2 Å². The first-order valence-electron chi connectivity index (χ1n) is 6.65. The van der Waals surface area contributed by atoms with Gasteiger partial charge in [-0.3, -0.25) is 0 Å². The van der Waals surface area contributed by atoms with Gasteiger partial charge >= 0.3 is 0 Å². The topological polar surface area (TPSA) is 68.5 Å². The Labute approximate surface area is 116 Å². The van der Waals surface area contributed by atoms with Crippen molar-refractivity contribution in [3.05, 3.63) is 36.4 Å². The van der Waals surface area contributed by atoms with Crippen LogP contribution in [0.3, 0.4) is 0 Å². The number of hydrogen-bond donors (Lipinski definition) is 1. The first kappa shape index (κ1) is 12.5. The van der Waals surface area contributed by atoms with E-state index in [4.69, 9.17) is 0 Å². The molecule has 0 aliphatic rings. The van der Waals surface area contributed by atoms with Crippen LogP contribution < -0.4 is 5.32 Å². The van der Waals surface area contributed by atoms with Gasteiger partial charge in [-0.15, -0.1) is 0 Å². The zero-order valence-corrected chi connectivity index (χ0v) is 11.5. The van der Waals surface area contributed by atoms with Crippen molar-refractivity contribution in [1.82, 2.24) is 24.7 Å². The number of pyridine rings is 1. The molecule has 6 nitrogen and oxygen atoms in total. The van der Waals surface area contributed by atoms with Crippen LogP contribution in [-0.4, -0.2) is 31.3 Å². The van der Waals surface area contributed by atoms with Gasteiger partial charge in [0, 0.05) is 12.7 Å². The molecule has 0 unspecified atom stereocenters. The van der Waals surface area contributed by atoms with Gasteiger partial charge in [0.15, 0.2) is 11.5 Å². The maximum Gasteiger partial charge on any atom is 0.170 e. The van der Waals surface area contributed by atoms with E-state index in [1.807, 2.05) is 19.1 Å². The summed E-state index contributed by atoms with van der Waals surface area (Å²) < 4.78 is 1.74. The maximum atomic E-state index is 4.39. The zero-order valence-electron chi connectivity index (χ0n) is 11.5. The largest absolute Gasteiger partial charge is 0.369 e. The van der Waals surface area contributed by atoms with Gasteiger partial charge in [0.2, 0.25) is 0 Å². The van der Waals surface area contributed by atoms with Gasteiger partial charge in [-0.1, -0.05) is 6.92 Å². The van der Waals surface area contributed by atoms with Crippen LogP contribution in [-0.2, 0) is 0 Å². The van der Waals surface area contributed by atoms with E-state index < -0.39 is 0 Å². The molecular weight excluding hydrogens is 252 g/mol. The average Bonchev–Trinajstić information content (AvgIpc) is 2.89. The lowest BCUT2D eigenvalue weighted by Gasteiger charge is -2.05. The van der Waals surface area contributed by atoms with Crippen LogP contribution in [0.4, 0.5) is 5.82 Å². The number of aromatic nitrogens is 5. The number of rotatable bonds is 4. The van der Waals surface area contributed by atoms with Crippen LogP contribution in [0.15, 0.2) is 30.9 Å². The Bertz CT molecular complexity index is 733. The number of nitrogens with zero attached hydrogens (tertiary/aromatic N) is 5. The molecule has 0 saturated heterocycles. The summed E-state index contributed by atoms with van der Waals surface area (Å²) in [6, 6.07) is 3.94. The van der Waals surface area contributed by atoms with Crippen molar-refractivity contribution in [2.45, 2.75) is 20.3 Å². The molecule has 3 rings (SSSR count). The van der Waals surface area contributed by atoms with Gasteiger partial charge in [0.25, 0.3) is 0 Å². The molecular formula is C14H16N6. The summed E-state index contributed by atoms with van der Waals surface area (Å²) in [6.45, 7) is 5.02. The minimum Gasteiger partial charge on any atom is -0.369 e. The number of fused-ring (bicyclic) bond motifs is 1. The molecule has 1 N–H and O–H groups in total. The first-order chi connectivity index (χ1) is 9.79. The van der Waals surface area contributed by atoms with E-state index in [2.05, 4.69) is 32.3 Å². The van der Waals surface area contributed by atoms with E-state index in [-0.39, 0.29) is 0 Å². The average molecular weight is 268 g/mol.